The Morgan fingerprint density at radius 1 is 1.17 bits per heavy atom. The zero-order valence-electron chi connectivity index (χ0n) is 18.5. The van der Waals surface area contributed by atoms with Gasteiger partial charge in [-0.05, 0) is 36.0 Å². The lowest BCUT2D eigenvalue weighted by atomic mass is 9.87. The monoisotopic (exact) mass is 403 g/mol. The van der Waals surface area contributed by atoms with E-state index in [1.54, 1.807) is 14.2 Å². The minimum Gasteiger partial charge on any atom is -0.383 e. The van der Waals surface area contributed by atoms with Crippen molar-refractivity contribution >= 4 is 17.6 Å². The zero-order valence-corrected chi connectivity index (χ0v) is 18.5. The van der Waals surface area contributed by atoms with Crippen LogP contribution in [0.5, 0.6) is 0 Å². The highest BCUT2D eigenvalue weighted by Crippen LogP contribution is 2.26. The van der Waals surface area contributed by atoms with Gasteiger partial charge in [0.1, 0.15) is 0 Å². The van der Waals surface area contributed by atoms with Gasteiger partial charge in [0.15, 0.2) is 5.96 Å². The number of piperidine rings is 1. The summed E-state index contributed by atoms with van der Waals surface area (Å²) in [6.07, 6.45) is 2.06. The van der Waals surface area contributed by atoms with Crippen molar-refractivity contribution in [3.8, 4) is 0 Å². The first-order valence-corrected chi connectivity index (χ1v) is 10.4. The number of nitrogens with one attached hydrogen (secondary N) is 3. The summed E-state index contributed by atoms with van der Waals surface area (Å²) in [7, 11) is 3.34. The number of carbonyl (C=O) groups excluding carboxylic acids is 1. The van der Waals surface area contributed by atoms with Crippen molar-refractivity contribution in [3.05, 3.63) is 29.8 Å². The molecule has 7 nitrogen and oxygen atoms in total. The van der Waals surface area contributed by atoms with E-state index in [1.165, 1.54) is 11.3 Å². The molecule has 0 radical (unpaired) electrons. The maximum Gasteiger partial charge on any atom is 0.239 e. The average molecular weight is 404 g/mol. The normalized spacial score (nSPS) is 15.9. The first kappa shape index (κ1) is 23.0. The average Bonchev–Trinajstić information content (AvgIpc) is 2.71. The van der Waals surface area contributed by atoms with Crippen LogP contribution < -0.4 is 20.9 Å². The zero-order chi connectivity index (χ0) is 21.3. The van der Waals surface area contributed by atoms with Gasteiger partial charge >= 0.3 is 0 Å². The molecule has 1 saturated heterocycles. The fraction of sp³-hybridized carbons (Fsp3) is 0.636. The van der Waals surface area contributed by atoms with Gasteiger partial charge in [-0.25, -0.2) is 0 Å². The molecule has 29 heavy (non-hydrogen) atoms. The summed E-state index contributed by atoms with van der Waals surface area (Å²) in [6, 6.07) is 9.29. The molecule has 7 heteroatoms. The first-order valence-electron chi connectivity index (χ1n) is 10.4. The molecular formula is C22H37N5O2. The summed E-state index contributed by atoms with van der Waals surface area (Å²) < 4.78 is 4.93. The van der Waals surface area contributed by atoms with Gasteiger partial charge in [0, 0.05) is 45.5 Å². The van der Waals surface area contributed by atoms with Crippen LogP contribution in [0.25, 0.3) is 0 Å². The molecule has 1 fully saturated rings. The van der Waals surface area contributed by atoms with Crippen molar-refractivity contribution in [3.63, 3.8) is 0 Å². The van der Waals surface area contributed by atoms with Gasteiger partial charge in [-0.1, -0.05) is 32.9 Å². The number of carbonyl (C=O) groups is 1. The summed E-state index contributed by atoms with van der Waals surface area (Å²) in [4.78, 5) is 18.5. The maximum atomic E-state index is 11.8. The predicted octanol–water partition coefficient (Wildman–Crippen LogP) is 1.88. The number of benzene rings is 1. The van der Waals surface area contributed by atoms with Gasteiger partial charge in [0.25, 0.3) is 0 Å². The molecule has 0 unspecified atom stereocenters. The number of methoxy groups -OCH3 is 1. The summed E-state index contributed by atoms with van der Waals surface area (Å²) in [5, 5.41) is 9.30. The lowest BCUT2D eigenvalue weighted by molar-refractivity contribution is -0.120. The summed E-state index contributed by atoms with van der Waals surface area (Å²) >= 11 is 0. The van der Waals surface area contributed by atoms with Crippen LogP contribution in [0.15, 0.2) is 29.3 Å². The Kier molecular flexibility index (Phi) is 8.76. The molecule has 3 N–H and O–H groups in total. The van der Waals surface area contributed by atoms with E-state index in [1.807, 2.05) is 0 Å². The van der Waals surface area contributed by atoms with E-state index in [0.29, 0.717) is 25.2 Å². The van der Waals surface area contributed by atoms with Crippen molar-refractivity contribution in [1.29, 1.82) is 0 Å². The summed E-state index contributed by atoms with van der Waals surface area (Å²) in [6.45, 7) is 9.94. The molecule has 0 atom stereocenters. The fourth-order valence-corrected chi connectivity index (χ4v) is 3.36. The van der Waals surface area contributed by atoms with Crippen LogP contribution in [0, 0.1) is 0 Å². The number of rotatable bonds is 7. The largest absolute Gasteiger partial charge is 0.383 e. The standard InChI is InChI=1S/C22H37N5O2/c1-22(2,3)17-6-8-19(9-7-17)27-13-10-18(11-14-27)26-21(23-4)25-16-20(28)24-12-15-29-5/h6-9,18H,10-16H2,1-5H3,(H,24,28)(H2,23,25,26). The molecule has 0 bridgehead atoms. The quantitative estimate of drug-likeness (QED) is 0.368. The Balaban J connectivity index is 1.76. The summed E-state index contributed by atoms with van der Waals surface area (Å²) in [5.41, 5.74) is 2.82. The smallest absolute Gasteiger partial charge is 0.239 e. The predicted molar refractivity (Wildman–Crippen MR) is 120 cm³/mol. The van der Waals surface area contributed by atoms with Gasteiger partial charge in [0.05, 0.1) is 13.2 Å². The third-order valence-corrected chi connectivity index (χ3v) is 5.20. The van der Waals surface area contributed by atoms with E-state index in [2.05, 4.69) is 70.9 Å². The Morgan fingerprint density at radius 2 is 1.83 bits per heavy atom. The highest BCUT2D eigenvalue weighted by atomic mass is 16.5. The molecule has 162 valence electrons. The van der Waals surface area contributed by atoms with Gasteiger partial charge in [-0.3, -0.25) is 9.79 Å². The van der Waals surface area contributed by atoms with Crippen molar-refractivity contribution < 1.29 is 9.53 Å². The number of hydrogen-bond donors (Lipinski definition) is 3. The Hall–Kier alpha value is -2.28. The molecule has 1 aliphatic rings. The molecule has 1 aromatic carbocycles. The number of aliphatic imine (C=N–C) groups is 1. The molecule has 0 aliphatic carbocycles. The van der Waals surface area contributed by atoms with Crippen LogP contribution in [0.1, 0.15) is 39.2 Å². The number of guanidine groups is 1. The minimum atomic E-state index is -0.0708. The van der Waals surface area contributed by atoms with E-state index in [-0.39, 0.29) is 17.9 Å². The number of nitrogens with zero attached hydrogens (tertiary/aromatic N) is 2. The molecule has 0 spiro atoms. The van der Waals surface area contributed by atoms with Crippen LogP contribution in [0.3, 0.4) is 0 Å². The van der Waals surface area contributed by atoms with Crippen LogP contribution in [0.2, 0.25) is 0 Å². The van der Waals surface area contributed by atoms with Crippen molar-refractivity contribution in [2.75, 3.05) is 51.8 Å². The Labute approximate surface area is 175 Å². The summed E-state index contributed by atoms with van der Waals surface area (Å²) in [5.74, 6) is 0.596. The molecular weight excluding hydrogens is 366 g/mol. The van der Waals surface area contributed by atoms with E-state index < -0.39 is 0 Å². The number of anilines is 1. The van der Waals surface area contributed by atoms with Gasteiger partial charge in [-0.2, -0.15) is 0 Å². The van der Waals surface area contributed by atoms with Crippen LogP contribution in [-0.2, 0) is 14.9 Å². The van der Waals surface area contributed by atoms with Crippen molar-refractivity contribution in [2.45, 2.75) is 45.1 Å². The fourth-order valence-electron chi connectivity index (χ4n) is 3.36. The molecule has 1 aliphatic heterocycles. The Morgan fingerprint density at radius 3 is 2.38 bits per heavy atom. The molecule has 1 aromatic rings. The lowest BCUT2D eigenvalue weighted by Gasteiger charge is -2.35. The lowest BCUT2D eigenvalue weighted by Crippen LogP contribution is -2.50. The molecule has 1 heterocycles. The maximum absolute atomic E-state index is 11.8. The van der Waals surface area contributed by atoms with Crippen molar-refractivity contribution in [2.24, 2.45) is 4.99 Å². The minimum absolute atomic E-state index is 0.0708. The molecule has 1 amide bonds. The van der Waals surface area contributed by atoms with Crippen LogP contribution >= 0.6 is 0 Å². The second-order valence-electron chi connectivity index (χ2n) is 8.47. The Bertz CT molecular complexity index is 659. The topological polar surface area (TPSA) is 78.0 Å². The molecule has 0 aromatic heterocycles. The molecule has 0 saturated carbocycles. The van der Waals surface area contributed by atoms with E-state index in [9.17, 15) is 4.79 Å². The second-order valence-corrected chi connectivity index (χ2v) is 8.47. The van der Waals surface area contributed by atoms with E-state index in [0.717, 1.165) is 25.9 Å². The van der Waals surface area contributed by atoms with Gasteiger partial charge < -0.3 is 25.6 Å². The third kappa shape index (κ3) is 7.57. The highest BCUT2D eigenvalue weighted by molar-refractivity contribution is 5.86. The van der Waals surface area contributed by atoms with E-state index >= 15 is 0 Å². The van der Waals surface area contributed by atoms with Crippen LogP contribution in [0.4, 0.5) is 5.69 Å². The van der Waals surface area contributed by atoms with Gasteiger partial charge in [0.2, 0.25) is 5.91 Å². The van der Waals surface area contributed by atoms with E-state index in [4.69, 9.17) is 4.74 Å². The first-order chi connectivity index (χ1) is 13.8. The number of ether oxygens (including phenoxy) is 1. The van der Waals surface area contributed by atoms with Gasteiger partial charge in [-0.15, -0.1) is 0 Å². The van der Waals surface area contributed by atoms with Crippen molar-refractivity contribution in [1.82, 2.24) is 16.0 Å². The molecule has 2 rings (SSSR count). The second kappa shape index (κ2) is 11.0. The third-order valence-electron chi connectivity index (χ3n) is 5.20. The number of amides is 1. The number of hydrogen-bond acceptors (Lipinski definition) is 4. The highest BCUT2D eigenvalue weighted by Gasteiger charge is 2.21. The SMILES string of the molecule is CN=C(NCC(=O)NCCOC)NC1CCN(c2ccc(C(C)(C)C)cc2)CC1. The van der Waals surface area contributed by atoms with Crippen LogP contribution in [-0.4, -0.2) is 64.9 Å².